The van der Waals surface area contributed by atoms with Crippen LogP contribution in [-0.2, 0) is 20.7 Å². The summed E-state index contributed by atoms with van der Waals surface area (Å²) in [7, 11) is 1.33. The van der Waals surface area contributed by atoms with Crippen LogP contribution in [0.4, 0.5) is 0 Å². The molecule has 4 nitrogen and oxygen atoms in total. The predicted molar refractivity (Wildman–Crippen MR) is 69.0 cm³/mol. The van der Waals surface area contributed by atoms with Gasteiger partial charge in [-0.25, -0.2) is 4.79 Å². The molecule has 1 amide bonds. The second kappa shape index (κ2) is 7.48. The van der Waals surface area contributed by atoms with Gasteiger partial charge in [0.1, 0.15) is 6.04 Å². The zero-order valence-electron chi connectivity index (χ0n) is 10.8. The molecule has 0 unspecified atom stereocenters. The van der Waals surface area contributed by atoms with E-state index in [0.29, 0.717) is 6.42 Å². The van der Waals surface area contributed by atoms with Gasteiger partial charge in [-0.15, -0.1) is 0 Å². The van der Waals surface area contributed by atoms with Gasteiger partial charge in [0.15, 0.2) is 0 Å². The zero-order valence-corrected chi connectivity index (χ0v) is 10.8. The number of benzene rings is 1. The summed E-state index contributed by atoms with van der Waals surface area (Å²) in [5.74, 6) is -0.608. The van der Waals surface area contributed by atoms with Crippen LogP contribution in [0.15, 0.2) is 30.3 Å². The fourth-order valence-corrected chi connectivity index (χ4v) is 1.79. The van der Waals surface area contributed by atoms with Gasteiger partial charge in [-0.1, -0.05) is 30.3 Å². The highest BCUT2D eigenvalue weighted by molar-refractivity contribution is 5.83. The molecular formula is C14H19NO3. The van der Waals surface area contributed by atoms with Crippen molar-refractivity contribution in [2.24, 2.45) is 0 Å². The van der Waals surface area contributed by atoms with Crippen molar-refractivity contribution < 1.29 is 14.3 Å². The Balaban J connectivity index is 2.42. The highest BCUT2D eigenvalue weighted by atomic mass is 16.5. The lowest BCUT2D eigenvalue weighted by Crippen LogP contribution is -2.40. The number of esters is 1. The second-order valence-electron chi connectivity index (χ2n) is 4.15. The summed E-state index contributed by atoms with van der Waals surface area (Å²) in [6, 6.07) is 9.49. The Morgan fingerprint density at radius 1 is 1.28 bits per heavy atom. The van der Waals surface area contributed by atoms with Gasteiger partial charge in [0.2, 0.25) is 5.91 Å². The molecule has 0 aromatic heterocycles. The second-order valence-corrected chi connectivity index (χ2v) is 4.15. The third-order valence-electron chi connectivity index (χ3n) is 2.66. The van der Waals surface area contributed by atoms with E-state index in [4.69, 9.17) is 0 Å². The van der Waals surface area contributed by atoms with E-state index >= 15 is 0 Å². The molecule has 18 heavy (non-hydrogen) atoms. The number of rotatable bonds is 6. The van der Waals surface area contributed by atoms with E-state index in [1.165, 1.54) is 19.6 Å². The Labute approximate surface area is 107 Å². The highest BCUT2D eigenvalue weighted by Gasteiger charge is 2.19. The van der Waals surface area contributed by atoms with Gasteiger partial charge in [-0.05, 0) is 24.8 Å². The van der Waals surface area contributed by atoms with Gasteiger partial charge >= 0.3 is 5.97 Å². The maximum atomic E-state index is 11.5. The number of amides is 1. The van der Waals surface area contributed by atoms with Crippen molar-refractivity contribution in [1.29, 1.82) is 0 Å². The molecule has 0 heterocycles. The molecular weight excluding hydrogens is 230 g/mol. The number of hydrogen-bond donors (Lipinski definition) is 1. The first-order valence-corrected chi connectivity index (χ1v) is 6.02. The number of carbonyl (C=O) groups is 2. The highest BCUT2D eigenvalue weighted by Crippen LogP contribution is 2.07. The first-order chi connectivity index (χ1) is 8.63. The summed E-state index contributed by atoms with van der Waals surface area (Å²) < 4.78 is 4.66. The quantitative estimate of drug-likeness (QED) is 0.780. The molecule has 0 saturated carbocycles. The minimum atomic E-state index is -0.545. The van der Waals surface area contributed by atoms with Crippen LogP contribution < -0.4 is 5.32 Å². The third-order valence-corrected chi connectivity index (χ3v) is 2.66. The SMILES string of the molecule is COC(=O)[C@H](CCCc1ccccc1)NC(C)=O. The van der Waals surface area contributed by atoms with Gasteiger partial charge < -0.3 is 10.1 Å². The maximum Gasteiger partial charge on any atom is 0.328 e. The molecule has 4 heteroatoms. The lowest BCUT2D eigenvalue weighted by Gasteiger charge is -2.15. The minimum Gasteiger partial charge on any atom is -0.467 e. The van der Waals surface area contributed by atoms with Crippen molar-refractivity contribution >= 4 is 11.9 Å². The average Bonchev–Trinajstić information content (AvgIpc) is 2.37. The fourth-order valence-electron chi connectivity index (χ4n) is 1.79. The van der Waals surface area contributed by atoms with Gasteiger partial charge in [0.05, 0.1) is 7.11 Å². The van der Waals surface area contributed by atoms with Gasteiger partial charge in [0, 0.05) is 6.92 Å². The number of nitrogens with one attached hydrogen (secondary N) is 1. The van der Waals surface area contributed by atoms with Crippen LogP contribution in [0.25, 0.3) is 0 Å². The number of hydrogen-bond acceptors (Lipinski definition) is 3. The summed E-state index contributed by atoms with van der Waals surface area (Å²) in [6.45, 7) is 1.40. The van der Waals surface area contributed by atoms with E-state index in [1.54, 1.807) is 0 Å². The molecule has 1 aromatic rings. The van der Waals surface area contributed by atoms with Crippen molar-refractivity contribution in [3.8, 4) is 0 Å². The molecule has 0 bridgehead atoms. The van der Waals surface area contributed by atoms with E-state index < -0.39 is 12.0 Å². The van der Waals surface area contributed by atoms with Crippen molar-refractivity contribution in [2.45, 2.75) is 32.2 Å². The largest absolute Gasteiger partial charge is 0.467 e. The summed E-state index contributed by atoms with van der Waals surface area (Å²) in [6.07, 6.45) is 2.29. The fraction of sp³-hybridized carbons (Fsp3) is 0.429. The molecule has 1 rings (SSSR count). The Morgan fingerprint density at radius 3 is 2.50 bits per heavy atom. The summed E-state index contributed by atoms with van der Waals surface area (Å²) >= 11 is 0. The van der Waals surface area contributed by atoms with Crippen molar-refractivity contribution in [1.82, 2.24) is 5.32 Å². The number of ether oxygens (including phenoxy) is 1. The summed E-state index contributed by atoms with van der Waals surface area (Å²) in [4.78, 5) is 22.4. The maximum absolute atomic E-state index is 11.5. The number of aryl methyl sites for hydroxylation is 1. The van der Waals surface area contributed by atoms with Crippen LogP contribution in [0, 0.1) is 0 Å². The molecule has 1 atom stereocenters. The van der Waals surface area contributed by atoms with Crippen LogP contribution in [0.5, 0.6) is 0 Å². The molecule has 0 saturated heterocycles. The van der Waals surface area contributed by atoms with Crippen LogP contribution in [0.2, 0.25) is 0 Å². The molecule has 0 aliphatic rings. The summed E-state index contributed by atoms with van der Waals surface area (Å²) in [5, 5.41) is 2.60. The normalized spacial score (nSPS) is 11.7. The summed E-state index contributed by atoms with van der Waals surface area (Å²) in [5.41, 5.74) is 1.23. The smallest absolute Gasteiger partial charge is 0.328 e. The van der Waals surface area contributed by atoms with E-state index in [2.05, 4.69) is 10.1 Å². The Bertz CT molecular complexity index is 389. The molecule has 0 radical (unpaired) electrons. The van der Waals surface area contributed by atoms with E-state index in [-0.39, 0.29) is 5.91 Å². The molecule has 0 fully saturated rings. The number of methoxy groups -OCH3 is 1. The van der Waals surface area contributed by atoms with E-state index in [1.807, 2.05) is 30.3 Å². The minimum absolute atomic E-state index is 0.217. The first kappa shape index (κ1) is 14.2. The molecule has 98 valence electrons. The average molecular weight is 249 g/mol. The third kappa shape index (κ3) is 4.99. The Morgan fingerprint density at radius 2 is 1.94 bits per heavy atom. The van der Waals surface area contributed by atoms with Crippen LogP contribution >= 0.6 is 0 Å². The monoisotopic (exact) mass is 249 g/mol. The van der Waals surface area contributed by atoms with Gasteiger partial charge in [0.25, 0.3) is 0 Å². The first-order valence-electron chi connectivity index (χ1n) is 6.02. The van der Waals surface area contributed by atoms with Crippen LogP contribution in [-0.4, -0.2) is 25.0 Å². The van der Waals surface area contributed by atoms with Gasteiger partial charge in [-0.3, -0.25) is 4.79 Å². The lowest BCUT2D eigenvalue weighted by molar-refractivity contribution is -0.145. The van der Waals surface area contributed by atoms with Crippen molar-refractivity contribution in [2.75, 3.05) is 7.11 Å². The zero-order chi connectivity index (χ0) is 13.4. The lowest BCUT2D eigenvalue weighted by atomic mass is 10.0. The van der Waals surface area contributed by atoms with E-state index in [0.717, 1.165) is 12.8 Å². The Hall–Kier alpha value is -1.84. The standard InChI is InChI=1S/C14H19NO3/c1-11(16)15-13(14(17)18-2)10-6-9-12-7-4-3-5-8-12/h3-5,7-8,13H,6,9-10H2,1-2H3,(H,15,16)/t13-/m0/s1. The van der Waals surface area contributed by atoms with Crippen molar-refractivity contribution in [3.05, 3.63) is 35.9 Å². The number of carbonyl (C=O) groups excluding carboxylic acids is 2. The van der Waals surface area contributed by atoms with E-state index in [9.17, 15) is 9.59 Å². The topological polar surface area (TPSA) is 55.4 Å². The van der Waals surface area contributed by atoms with Crippen molar-refractivity contribution in [3.63, 3.8) is 0 Å². The molecule has 0 aliphatic heterocycles. The molecule has 1 N–H and O–H groups in total. The molecule has 0 spiro atoms. The van der Waals surface area contributed by atoms with Crippen LogP contribution in [0.3, 0.4) is 0 Å². The Kier molecular flexibility index (Phi) is 5.91. The molecule has 1 aromatic carbocycles. The van der Waals surface area contributed by atoms with Crippen LogP contribution in [0.1, 0.15) is 25.3 Å². The predicted octanol–water partition coefficient (Wildman–Crippen LogP) is 1.69. The van der Waals surface area contributed by atoms with Gasteiger partial charge in [-0.2, -0.15) is 0 Å². The molecule has 0 aliphatic carbocycles.